The summed E-state index contributed by atoms with van der Waals surface area (Å²) in [5.74, 6) is -1.57. The fraction of sp³-hybridized carbons (Fsp3) is 0.455. The van der Waals surface area contributed by atoms with Gasteiger partial charge in [-0.2, -0.15) is 13.2 Å². The Morgan fingerprint density at radius 1 is 1.11 bits per heavy atom. The van der Waals surface area contributed by atoms with Gasteiger partial charge in [-0.1, -0.05) is 0 Å². The Morgan fingerprint density at radius 2 is 1.67 bits per heavy atom. The van der Waals surface area contributed by atoms with E-state index in [1.165, 1.54) is 0 Å². The van der Waals surface area contributed by atoms with Gasteiger partial charge in [-0.05, 0) is 0 Å². The van der Waals surface area contributed by atoms with Gasteiger partial charge in [0.1, 0.15) is 23.5 Å². The lowest BCUT2D eigenvalue weighted by atomic mass is 10.1. The molecule has 0 aliphatic carbocycles. The fourth-order valence-electron chi connectivity index (χ4n) is 1.77. The first kappa shape index (κ1) is 13.1. The summed E-state index contributed by atoms with van der Waals surface area (Å²) in [5, 5.41) is 0. The summed E-state index contributed by atoms with van der Waals surface area (Å²) in [4.78, 5) is 1.15. The molecule has 0 amide bonds. The molecule has 1 aromatic rings. The molecule has 1 aromatic carbocycles. The number of rotatable bonds is 3. The number of hydrogen-bond acceptors (Lipinski definition) is 2. The number of likely N-dealkylation sites (tertiary alicyclic amines) is 1. The molecule has 1 aliphatic heterocycles. The average Bonchev–Trinajstić information content (AvgIpc) is 2.10. The third-order valence-corrected chi connectivity index (χ3v) is 2.47. The van der Waals surface area contributed by atoms with Crippen molar-refractivity contribution >= 4 is 0 Å². The van der Waals surface area contributed by atoms with Gasteiger partial charge in [-0.25, -0.2) is 8.78 Å². The van der Waals surface area contributed by atoms with E-state index in [4.69, 9.17) is 4.74 Å². The second-order valence-electron chi connectivity index (χ2n) is 4.15. The van der Waals surface area contributed by atoms with Gasteiger partial charge in [0.15, 0.2) is 0 Å². The van der Waals surface area contributed by atoms with E-state index in [1.54, 1.807) is 0 Å². The summed E-state index contributed by atoms with van der Waals surface area (Å²) < 4.78 is 66.8. The van der Waals surface area contributed by atoms with Crippen LogP contribution in [-0.2, 0) is 0 Å². The van der Waals surface area contributed by atoms with Crippen LogP contribution in [0.4, 0.5) is 22.0 Å². The van der Waals surface area contributed by atoms with Crippen LogP contribution in [0.5, 0.6) is 5.75 Å². The van der Waals surface area contributed by atoms with Crippen LogP contribution in [0, 0.1) is 11.6 Å². The minimum Gasteiger partial charge on any atom is -0.488 e. The molecule has 7 heteroatoms. The first-order chi connectivity index (χ1) is 8.32. The van der Waals surface area contributed by atoms with Crippen LogP contribution < -0.4 is 4.74 Å². The molecular formula is C11H10F5NO. The van der Waals surface area contributed by atoms with Crippen molar-refractivity contribution < 1.29 is 26.7 Å². The Labute approximate surface area is 100.0 Å². The smallest absolute Gasteiger partial charge is 0.401 e. The van der Waals surface area contributed by atoms with Crippen LogP contribution >= 0.6 is 0 Å². The van der Waals surface area contributed by atoms with Crippen molar-refractivity contribution in [2.24, 2.45) is 0 Å². The molecule has 0 N–H and O–H groups in total. The molecule has 0 spiro atoms. The van der Waals surface area contributed by atoms with Crippen LogP contribution in [0.15, 0.2) is 18.2 Å². The highest BCUT2D eigenvalue weighted by molar-refractivity contribution is 5.24. The van der Waals surface area contributed by atoms with Crippen LogP contribution in [-0.4, -0.2) is 36.8 Å². The number of hydrogen-bond donors (Lipinski definition) is 0. The maximum absolute atomic E-state index is 12.8. The van der Waals surface area contributed by atoms with Gasteiger partial charge in [-0.15, -0.1) is 0 Å². The Kier molecular flexibility index (Phi) is 3.43. The molecule has 1 heterocycles. The van der Waals surface area contributed by atoms with E-state index in [2.05, 4.69) is 0 Å². The molecule has 0 unspecified atom stereocenters. The van der Waals surface area contributed by atoms with Crippen LogP contribution in [0.1, 0.15) is 0 Å². The van der Waals surface area contributed by atoms with E-state index >= 15 is 0 Å². The normalized spacial score (nSPS) is 17.6. The number of ether oxygens (including phenoxy) is 1. The molecule has 2 nitrogen and oxygen atoms in total. The molecular weight excluding hydrogens is 257 g/mol. The Bertz CT molecular complexity index is 408. The van der Waals surface area contributed by atoms with Crippen molar-refractivity contribution in [3.05, 3.63) is 29.8 Å². The van der Waals surface area contributed by atoms with Crippen molar-refractivity contribution in [1.82, 2.24) is 4.90 Å². The monoisotopic (exact) mass is 267 g/mol. The van der Waals surface area contributed by atoms with Crippen LogP contribution in [0.25, 0.3) is 0 Å². The summed E-state index contributed by atoms with van der Waals surface area (Å²) in [5.41, 5.74) is 0. The highest BCUT2D eigenvalue weighted by Gasteiger charge is 2.37. The van der Waals surface area contributed by atoms with Crippen molar-refractivity contribution in [3.63, 3.8) is 0 Å². The molecule has 1 aliphatic rings. The number of nitrogens with zero attached hydrogens (tertiary/aromatic N) is 1. The zero-order chi connectivity index (χ0) is 13.3. The predicted octanol–water partition coefficient (Wildman–Crippen LogP) is 2.59. The molecule has 0 aromatic heterocycles. The highest BCUT2D eigenvalue weighted by Crippen LogP contribution is 2.24. The van der Waals surface area contributed by atoms with E-state index in [9.17, 15) is 22.0 Å². The van der Waals surface area contributed by atoms with Gasteiger partial charge in [0, 0.05) is 31.3 Å². The van der Waals surface area contributed by atoms with E-state index in [0.29, 0.717) is 6.07 Å². The summed E-state index contributed by atoms with van der Waals surface area (Å²) in [6.07, 6.45) is -4.70. The summed E-state index contributed by atoms with van der Waals surface area (Å²) in [6.45, 7) is -0.806. The van der Waals surface area contributed by atoms with Crippen molar-refractivity contribution in [2.45, 2.75) is 12.3 Å². The van der Waals surface area contributed by atoms with E-state index < -0.39 is 30.5 Å². The zero-order valence-corrected chi connectivity index (χ0v) is 9.18. The fourth-order valence-corrected chi connectivity index (χ4v) is 1.77. The summed E-state index contributed by atoms with van der Waals surface area (Å²) >= 11 is 0. The quantitative estimate of drug-likeness (QED) is 0.780. The first-order valence-corrected chi connectivity index (χ1v) is 5.24. The SMILES string of the molecule is Fc1cc(F)cc(OC2CN(CC(F)(F)F)C2)c1. The molecule has 0 radical (unpaired) electrons. The largest absolute Gasteiger partial charge is 0.488 e. The second kappa shape index (κ2) is 4.72. The number of benzene rings is 1. The van der Waals surface area contributed by atoms with Crippen molar-refractivity contribution in [1.29, 1.82) is 0 Å². The Balaban J connectivity index is 1.83. The maximum Gasteiger partial charge on any atom is 0.401 e. The van der Waals surface area contributed by atoms with Gasteiger partial charge < -0.3 is 4.74 Å². The van der Waals surface area contributed by atoms with Crippen molar-refractivity contribution in [2.75, 3.05) is 19.6 Å². The topological polar surface area (TPSA) is 12.5 Å². The average molecular weight is 267 g/mol. The standard InChI is InChI=1S/C11H10F5NO/c12-7-1-8(13)3-9(2-7)18-10-4-17(5-10)6-11(14,15)16/h1-3,10H,4-6H2. The lowest BCUT2D eigenvalue weighted by Crippen LogP contribution is -2.56. The predicted molar refractivity (Wildman–Crippen MR) is 53.3 cm³/mol. The minimum absolute atomic E-state index is 0.0100. The second-order valence-corrected chi connectivity index (χ2v) is 4.15. The van der Waals surface area contributed by atoms with Gasteiger partial charge in [0.2, 0.25) is 0 Å². The maximum atomic E-state index is 12.8. The third-order valence-electron chi connectivity index (χ3n) is 2.47. The number of halogens is 5. The molecule has 0 saturated carbocycles. The van der Waals surface area contributed by atoms with Crippen LogP contribution in [0.2, 0.25) is 0 Å². The highest BCUT2D eigenvalue weighted by atomic mass is 19.4. The zero-order valence-electron chi connectivity index (χ0n) is 9.18. The molecule has 1 saturated heterocycles. The summed E-state index contributed by atoms with van der Waals surface area (Å²) in [6, 6.07) is 2.69. The molecule has 0 atom stereocenters. The van der Waals surface area contributed by atoms with Gasteiger partial charge in [0.05, 0.1) is 6.54 Å². The van der Waals surface area contributed by atoms with E-state index in [-0.39, 0.29) is 18.8 Å². The molecule has 18 heavy (non-hydrogen) atoms. The third kappa shape index (κ3) is 3.56. The molecule has 100 valence electrons. The van der Waals surface area contributed by atoms with E-state index in [1.807, 2.05) is 0 Å². The lowest BCUT2D eigenvalue weighted by Gasteiger charge is -2.39. The molecule has 0 bridgehead atoms. The lowest BCUT2D eigenvalue weighted by molar-refractivity contribution is -0.162. The Hall–Kier alpha value is -1.37. The van der Waals surface area contributed by atoms with Gasteiger partial charge in [-0.3, -0.25) is 4.90 Å². The minimum atomic E-state index is -4.24. The van der Waals surface area contributed by atoms with Gasteiger partial charge in [0.25, 0.3) is 0 Å². The van der Waals surface area contributed by atoms with E-state index in [0.717, 1.165) is 17.0 Å². The molecule has 1 fully saturated rings. The summed E-state index contributed by atoms with van der Waals surface area (Å²) in [7, 11) is 0. The number of alkyl halides is 3. The van der Waals surface area contributed by atoms with Gasteiger partial charge >= 0.3 is 6.18 Å². The first-order valence-electron chi connectivity index (χ1n) is 5.24. The van der Waals surface area contributed by atoms with Crippen molar-refractivity contribution in [3.8, 4) is 5.75 Å². The Morgan fingerprint density at radius 3 is 2.17 bits per heavy atom. The van der Waals surface area contributed by atoms with Crippen LogP contribution in [0.3, 0.4) is 0 Å². The molecule has 2 rings (SSSR count).